The topological polar surface area (TPSA) is 134 Å². The van der Waals surface area contributed by atoms with Gasteiger partial charge in [-0.3, -0.25) is 19.2 Å². The number of rotatable bonds is 11. The van der Waals surface area contributed by atoms with Crippen molar-refractivity contribution in [2.45, 2.75) is 43.9 Å². The van der Waals surface area contributed by atoms with Gasteiger partial charge in [-0.15, -0.1) is 23.1 Å². The van der Waals surface area contributed by atoms with E-state index in [2.05, 4.69) is 16.0 Å². The molecule has 4 amide bonds. The van der Waals surface area contributed by atoms with Gasteiger partial charge < -0.3 is 25.6 Å². The number of carbonyl (C=O) groups is 5. The molecule has 0 spiro atoms. The third-order valence-corrected chi connectivity index (χ3v) is 10.2. The van der Waals surface area contributed by atoms with Gasteiger partial charge in [-0.25, -0.2) is 4.79 Å². The molecule has 3 N–H and O–H groups in total. The van der Waals surface area contributed by atoms with Crippen molar-refractivity contribution < 1.29 is 28.7 Å². The van der Waals surface area contributed by atoms with Crippen LogP contribution in [0.2, 0.25) is 5.02 Å². The number of fused-ring (bicyclic) bond motifs is 1. The lowest BCUT2D eigenvalue weighted by molar-refractivity contribution is -0.129. The van der Waals surface area contributed by atoms with Gasteiger partial charge in [0, 0.05) is 39.5 Å². The summed E-state index contributed by atoms with van der Waals surface area (Å²) in [7, 11) is 0. The second-order valence-corrected chi connectivity index (χ2v) is 14.2. The first-order valence-electron chi connectivity index (χ1n) is 15.8. The number of nitrogens with one attached hydrogen (secondary N) is 3. The van der Waals surface area contributed by atoms with Crippen LogP contribution < -0.4 is 16.0 Å². The van der Waals surface area contributed by atoms with E-state index in [-0.39, 0.29) is 24.1 Å². The number of esters is 1. The van der Waals surface area contributed by atoms with Gasteiger partial charge >= 0.3 is 5.97 Å². The Kier molecular flexibility index (Phi) is 12.1. The second-order valence-electron chi connectivity index (χ2n) is 11.3. The van der Waals surface area contributed by atoms with Crippen molar-refractivity contribution in [3.63, 3.8) is 0 Å². The Bertz CT molecular complexity index is 1940. The van der Waals surface area contributed by atoms with Crippen LogP contribution in [-0.4, -0.2) is 52.9 Å². The Morgan fingerprint density at radius 3 is 2.44 bits per heavy atom. The largest absolute Gasteiger partial charge is 0.462 e. The normalized spacial score (nSPS) is 13.1. The van der Waals surface area contributed by atoms with Gasteiger partial charge in [0.15, 0.2) is 0 Å². The van der Waals surface area contributed by atoms with E-state index in [4.69, 9.17) is 16.3 Å². The molecule has 0 aliphatic carbocycles. The highest BCUT2D eigenvalue weighted by atomic mass is 35.5. The minimum absolute atomic E-state index is 0.0226. The first kappa shape index (κ1) is 36.4. The van der Waals surface area contributed by atoms with Gasteiger partial charge in [0.25, 0.3) is 11.8 Å². The first-order chi connectivity index (χ1) is 24.0. The Morgan fingerprint density at radius 1 is 1.00 bits per heavy atom. The maximum absolute atomic E-state index is 13.5. The molecule has 1 aliphatic heterocycles. The highest BCUT2D eigenvalue weighted by Crippen LogP contribution is 2.38. The fraction of sp³-hybridized carbons (Fsp3) is 0.216. The summed E-state index contributed by atoms with van der Waals surface area (Å²) in [5, 5.41) is 8.83. The second kappa shape index (κ2) is 16.7. The highest BCUT2D eigenvalue weighted by molar-refractivity contribution is 8.00. The Balaban J connectivity index is 1.30. The fourth-order valence-corrected chi connectivity index (χ4v) is 7.47. The summed E-state index contributed by atoms with van der Waals surface area (Å²) in [5.41, 5.74) is 2.67. The molecule has 0 saturated carbocycles. The van der Waals surface area contributed by atoms with Crippen molar-refractivity contribution in [1.82, 2.24) is 10.2 Å². The molecule has 10 nitrogen and oxygen atoms in total. The Labute approximate surface area is 303 Å². The third kappa shape index (κ3) is 9.20. The van der Waals surface area contributed by atoms with Crippen molar-refractivity contribution in [1.29, 1.82) is 0 Å². The lowest BCUT2D eigenvalue weighted by atomic mass is 10.0. The molecule has 1 unspecified atom stereocenters. The van der Waals surface area contributed by atoms with Gasteiger partial charge in [0.2, 0.25) is 11.8 Å². The van der Waals surface area contributed by atoms with Gasteiger partial charge in [-0.1, -0.05) is 48.0 Å². The molecule has 5 rings (SSSR count). The summed E-state index contributed by atoms with van der Waals surface area (Å²) in [6, 6.07) is 22.4. The number of amides is 4. The zero-order valence-corrected chi connectivity index (χ0v) is 30.0. The average molecular weight is 731 g/mol. The summed E-state index contributed by atoms with van der Waals surface area (Å²) < 4.78 is 5.31. The van der Waals surface area contributed by atoms with E-state index in [9.17, 15) is 24.0 Å². The zero-order chi connectivity index (χ0) is 35.8. The number of nitrogens with zero attached hydrogens (tertiary/aromatic N) is 1. The smallest absolute Gasteiger partial charge is 0.341 e. The van der Waals surface area contributed by atoms with Crippen LogP contribution >= 0.6 is 34.7 Å². The van der Waals surface area contributed by atoms with Gasteiger partial charge in [0.1, 0.15) is 10.7 Å². The molecule has 0 fully saturated rings. The molecular weight excluding hydrogens is 696 g/mol. The molecule has 0 saturated heterocycles. The fourth-order valence-electron chi connectivity index (χ4n) is 5.16. The molecule has 2 heterocycles. The van der Waals surface area contributed by atoms with Gasteiger partial charge in [0.05, 0.1) is 24.0 Å². The Hall–Kier alpha value is -4.91. The summed E-state index contributed by atoms with van der Waals surface area (Å²) in [5.74, 6) is -1.88. The number of hydrogen-bond acceptors (Lipinski definition) is 8. The van der Waals surface area contributed by atoms with Crippen molar-refractivity contribution in [3.8, 4) is 0 Å². The predicted octanol–water partition coefficient (Wildman–Crippen LogP) is 7.01. The quantitative estimate of drug-likeness (QED) is 0.0859. The Morgan fingerprint density at radius 2 is 1.74 bits per heavy atom. The maximum Gasteiger partial charge on any atom is 0.341 e. The summed E-state index contributed by atoms with van der Waals surface area (Å²) >= 11 is 8.58. The van der Waals surface area contributed by atoms with E-state index in [1.54, 1.807) is 97.6 Å². The van der Waals surface area contributed by atoms with E-state index < -0.39 is 23.0 Å². The summed E-state index contributed by atoms with van der Waals surface area (Å²) in [6.07, 6.45) is 2.05. The first-order valence-corrected chi connectivity index (χ1v) is 17.9. The van der Waals surface area contributed by atoms with E-state index in [1.165, 1.54) is 30.0 Å². The molecule has 1 aromatic heterocycles. The highest BCUT2D eigenvalue weighted by Gasteiger charge is 2.31. The van der Waals surface area contributed by atoms with Crippen LogP contribution in [-0.2, 0) is 32.1 Å². The molecule has 0 bridgehead atoms. The average Bonchev–Trinajstić information content (AvgIpc) is 3.46. The van der Waals surface area contributed by atoms with Crippen LogP contribution in [0.5, 0.6) is 0 Å². The summed E-state index contributed by atoms with van der Waals surface area (Å²) in [4.78, 5) is 68.1. The molecule has 258 valence electrons. The lowest BCUT2D eigenvalue weighted by Crippen LogP contribution is -2.34. The van der Waals surface area contributed by atoms with Crippen LogP contribution in [0.25, 0.3) is 6.08 Å². The number of carbonyl (C=O) groups excluding carboxylic acids is 5. The molecule has 1 atom stereocenters. The lowest BCUT2D eigenvalue weighted by Gasteiger charge is -2.25. The van der Waals surface area contributed by atoms with E-state index in [0.29, 0.717) is 56.8 Å². The number of ether oxygens (including phenoxy) is 1. The van der Waals surface area contributed by atoms with Crippen LogP contribution in [0.15, 0.2) is 89.5 Å². The number of halogens is 1. The van der Waals surface area contributed by atoms with E-state index in [1.807, 2.05) is 6.07 Å². The van der Waals surface area contributed by atoms with Crippen molar-refractivity contribution in [2.75, 3.05) is 23.8 Å². The van der Waals surface area contributed by atoms with Gasteiger partial charge in [-0.05, 0) is 79.9 Å². The number of anilines is 2. The molecule has 13 heteroatoms. The minimum atomic E-state index is -0.589. The predicted molar refractivity (Wildman–Crippen MR) is 197 cm³/mol. The minimum Gasteiger partial charge on any atom is -0.462 e. The van der Waals surface area contributed by atoms with E-state index >= 15 is 0 Å². The van der Waals surface area contributed by atoms with Crippen LogP contribution in [0, 0.1) is 0 Å². The number of benzene rings is 3. The van der Waals surface area contributed by atoms with Gasteiger partial charge in [-0.2, -0.15) is 0 Å². The number of thiophene rings is 1. The van der Waals surface area contributed by atoms with E-state index in [0.717, 1.165) is 10.4 Å². The van der Waals surface area contributed by atoms with Crippen LogP contribution in [0.1, 0.15) is 57.5 Å². The van der Waals surface area contributed by atoms with Crippen LogP contribution in [0.4, 0.5) is 10.7 Å². The zero-order valence-electron chi connectivity index (χ0n) is 27.6. The number of thioether (sulfide) groups is 1. The SMILES string of the molecule is CCOC(=O)c1c(NC(=O)C(C)Sc2cccc(NC(=O)/C(=C/c3ccc(Cl)cc3)NC(=O)c3ccccc3)c2)sc2c1CCN(C(C)=O)C2. The molecule has 1 aliphatic rings. The monoisotopic (exact) mass is 730 g/mol. The maximum atomic E-state index is 13.5. The standard InChI is InChI=1S/C37H35ClN4O6S2/c1-4-48-37(47)32-29-17-18-42(23(3)43)21-31(29)50-36(32)41-33(44)22(2)49-28-12-8-11-27(20-28)39-35(46)30(19-24-13-15-26(38)16-14-24)40-34(45)25-9-6-5-7-10-25/h5-16,19-20,22H,4,17-18,21H2,1-3H3,(H,39,46)(H,40,45)(H,41,44)/b30-19-. The third-order valence-electron chi connectivity index (χ3n) is 7.70. The van der Waals surface area contributed by atoms with Crippen molar-refractivity contribution in [3.05, 3.63) is 117 Å². The van der Waals surface area contributed by atoms with Crippen molar-refractivity contribution >= 4 is 81.1 Å². The van der Waals surface area contributed by atoms with Crippen molar-refractivity contribution in [2.24, 2.45) is 0 Å². The summed E-state index contributed by atoms with van der Waals surface area (Å²) in [6.45, 7) is 6.01. The molecule has 0 radical (unpaired) electrons. The van der Waals surface area contributed by atoms with Crippen LogP contribution in [0.3, 0.4) is 0 Å². The molecular formula is C37H35ClN4O6S2. The molecule has 50 heavy (non-hydrogen) atoms. The molecule has 3 aromatic carbocycles. The molecule has 4 aromatic rings. The number of hydrogen-bond donors (Lipinski definition) is 3.